The lowest BCUT2D eigenvalue weighted by Gasteiger charge is -2.24. The lowest BCUT2D eigenvalue weighted by Crippen LogP contribution is -2.37. The van der Waals surface area contributed by atoms with Crippen molar-refractivity contribution >= 4 is 0 Å². The summed E-state index contributed by atoms with van der Waals surface area (Å²) < 4.78 is 10.5. The van der Waals surface area contributed by atoms with Crippen molar-refractivity contribution in [3.63, 3.8) is 0 Å². The predicted molar refractivity (Wildman–Crippen MR) is 75.4 cm³/mol. The Balaban J connectivity index is 1.77. The number of aliphatic hydroxyl groups excluding tert-OH is 1. The van der Waals surface area contributed by atoms with Gasteiger partial charge >= 0.3 is 0 Å². The highest BCUT2D eigenvalue weighted by Crippen LogP contribution is 2.17. The van der Waals surface area contributed by atoms with Gasteiger partial charge in [0.25, 0.3) is 0 Å². The number of hydrogen-bond donors (Lipinski definition) is 1. The summed E-state index contributed by atoms with van der Waals surface area (Å²) in [4.78, 5) is 8.80. The SMILES string of the molecule is COC[C@H](O)CN1CC[C@@H](N(C)Cc2ncc(C)o2)C1. The number of rotatable bonds is 7. The normalized spacial score (nSPS) is 21.8. The number of likely N-dealkylation sites (N-methyl/N-ethyl adjacent to an activating group) is 1. The molecule has 114 valence electrons. The maximum atomic E-state index is 9.77. The predicted octanol–water partition coefficient (Wildman–Crippen LogP) is 0.496. The number of aryl methyl sites for hydroxylation is 1. The molecule has 0 amide bonds. The van der Waals surface area contributed by atoms with Crippen LogP contribution in [0.2, 0.25) is 0 Å². The molecule has 0 saturated carbocycles. The first-order chi connectivity index (χ1) is 9.58. The van der Waals surface area contributed by atoms with E-state index < -0.39 is 6.10 Å². The Morgan fingerprint density at radius 2 is 2.45 bits per heavy atom. The molecular formula is C14H25N3O3. The van der Waals surface area contributed by atoms with Crippen LogP contribution in [0.1, 0.15) is 18.1 Å². The molecule has 1 saturated heterocycles. The third kappa shape index (κ3) is 4.28. The van der Waals surface area contributed by atoms with E-state index in [-0.39, 0.29) is 0 Å². The molecule has 1 aromatic rings. The number of oxazole rings is 1. The number of likely N-dealkylation sites (tertiary alicyclic amines) is 1. The average Bonchev–Trinajstić information content (AvgIpc) is 2.99. The van der Waals surface area contributed by atoms with Gasteiger partial charge in [0.05, 0.1) is 25.5 Å². The molecule has 1 aromatic heterocycles. The molecule has 0 aromatic carbocycles. The molecule has 0 unspecified atom stereocenters. The van der Waals surface area contributed by atoms with Crippen molar-refractivity contribution in [1.82, 2.24) is 14.8 Å². The van der Waals surface area contributed by atoms with Gasteiger partial charge in [0.15, 0.2) is 0 Å². The van der Waals surface area contributed by atoms with Crippen molar-refractivity contribution in [2.24, 2.45) is 0 Å². The second-order valence-corrected chi connectivity index (χ2v) is 5.59. The second-order valence-electron chi connectivity index (χ2n) is 5.59. The maximum Gasteiger partial charge on any atom is 0.208 e. The van der Waals surface area contributed by atoms with Crippen LogP contribution in [-0.2, 0) is 11.3 Å². The zero-order chi connectivity index (χ0) is 14.5. The van der Waals surface area contributed by atoms with Crippen molar-refractivity contribution in [3.05, 3.63) is 17.8 Å². The van der Waals surface area contributed by atoms with E-state index >= 15 is 0 Å². The van der Waals surface area contributed by atoms with Gasteiger partial charge in [-0.2, -0.15) is 0 Å². The molecule has 0 radical (unpaired) electrons. The largest absolute Gasteiger partial charge is 0.445 e. The molecule has 1 aliphatic rings. The summed E-state index contributed by atoms with van der Waals surface area (Å²) in [5, 5.41) is 9.77. The lowest BCUT2D eigenvalue weighted by atomic mass is 10.2. The number of methoxy groups -OCH3 is 1. The fourth-order valence-electron chi connectivity index (χ4n) is 2.70. The summed E-state index contributed by atoms with van der Waals surface area (Å²) in [7, 11) is 3.71. The van der Waals surface area contributed by atoms with E-state index in [1.165, 1.54) is 0 Å². The molecule has 2 rings (SSSR count). The number of aromatic nitrogens is 1. The van der Waals surface area contributed by atoms with Crippen LogP contribution in [0.15, 0.2) is 10.6 Å². The first kappa shape index (κ1) is 15.4. The summed E-state index contributed by atoms with van der Waals surface area (Å²) in [5.74, 6) is 1.62. The zero-order valence-corrected chi connectivity index (χ0v) is 12.6. The quantitative estimate of drug-likeness (QED) is 0.786. The Labute approximate surface area is 120 Å². The molecule has 1 N–H and O–H groups in total. The lowest BCUT2D eigenvalue weighted by molar-refractivity contribution is 0.0412. The molecule has 6 heteroatoms. The fraction of sp³-hybridized carbons (Fsp3) is 0.786. The first-order valence-electron chi connectivity index (χ1n) is 7.09. The average molecular weight is 283 g/mol. The summed E-state index contributed by atoms with van der Waals surface area (Å²) in [6.45, 7) is 5.69. The summed E-state index contributed by atoms with van der Waals surface area (Å²) >= 11 is 0. The van der Waals surface area contributed by atoms with Crippen LogP contribution in [0.25, 0.3) is 0 Å². The monoisotopic (exact) mass is 283 g/mol. The van der Waals surface area contributed by atoms with Gasteiger partial charge in [0.2, 0.25) is 5.89 Å². The standard InChI is InChI=1S/C14H25N3O3/c1-11-6-15-14(20-11)9-16(2)12-4-5-17(7-12)8-13(18)10-19-3/h6,12-13,18H,4-5,7-10H2,1-3H3/t12-,13-/m1/s1. The zero-order valence-electron chi connectivity index (χ0n) is 12.6. The van der Waals surface area contributed by atoms with Crippen molar-refractivity contribution in [3.8, 4) is 0 Å². The minimum Gasteiger partial charge on any atom is -0.445 e. The Bertz CT molecular complexity index is 410. The maximum absolute atomic E-state index is 9.77. The summed E-state index contributed by atoms with van der Waals surface area (Å²) in [6, 6.07) is 0.483. The van der Waals surface area contributed by atoms with E-state index in [1.54, 1.807) is 13.3 Å². The Kier molecular flexibility index (Phi) is 5.54. The van der Waals surface area contributed by atoms with E-state index in [0.717, 1.165) is 37.7 Å². The molecular weight excluding hydrogens is 258 g/mol. The third-order valence-corrected chi connectivity index (χ3v) is 3.75. The fourth-order valence-corrected chi connectivity index (χ4v) is 2.70. The van der Waals surface area contributed by atoms with Crippen LogP contribution in [-0.4, -0.2) is 72.4 Å². The van der Waals surface area contributed by atoms with Crippen molar-refractivity contribution < 1.29 is 14.3 Å². The van der Waals surface area contributed by atoms with E-state index in [0.29, 0.717) is 19.2 Å². The van der Waals surface area contributed by atoms with Gasteiger partial charge in [-0.3, -0.25) is 9.80 Å². The van der Waals surface area contributed by atoms with Crippen LogP contribution in [0, 0.1) is 6.92 Å². The molecule has 1 aliphatic heterocycles. The van der Waals surface area contributed by atoms with Crippen molar-refractivity contribution in [2.75, 3.05) is 40.4 Å². The number of hydrogen-bond acceptors (Lipinski definition) is 6. The van der Waals surface area contributed by atoms with Crippen LogP contribution in [0.3, 0.4) is 0 Å². The molecule has 0 bridgehead atoms. The molecule has 0 aliphatic carbocycles. The summed E-state index contributed by atoms with van der Waals surface area (Å²) in [6.07, 6.45) is 2.46. The Morgan fingerprint density at radius 3 is 3.10 bits per heavy atom. The number of nitrogens with zero attached hydrogens (tertiary/aromatic N) is 3. The van der Waals surface area contributed by atoms with Crippen molar-refractivity contribution in [2.45, 2.75) is 32.0 Å². The van der Waals surface area contributed by atoms with Crippen LogP contribution in [0.5, 0.6) is 0 Å². The number of β-amino-alcohol motifs (C(OH)–C–C–N with tert-alkyl or cyclic N) is 1. The number of aliphatic hydroxyl groups is 1. The third-order valence-electron chi connectivity index (χ3n) is 3.75. The highest BCUT2D eigenvalue weighted by molar-refractivity contribution is 4.92. The molecule has 6 nitrogen and oxygen atoms in total. The molecule has 2 heterocycles. The van der Waals surface area contributed by atoms with E-state index in [1.807, 2.05) is 6.92 Å². The minimum absolute atomic E-state index is 0.395. The number of ether oxygens (including phenoxy) is 1. The van der Waals surface area contributed by atoms with E-state index in [9.17, 15) is 5.11 Å². The molecule has 0 spiro atoms. The van der Waals surface area contributed by atoms with Gasteiger partial charge in [0, 0.05) is 26.2 Å². The van der Waals surface area contributed by atoms with Gasteiger partial charge < -0.3 is 14.3 Å². The van der Waals surface area contributed by atoms with E-state index in [4.69, 9.17) is 9.15 Å². The second kappa shape index (κ2) is 7.17. The molecule has 20 heavy (non-hydrogen) atoms. The van der Waals surface area contributed by atoms with Crippen LogP contribution >= 0.6 is 0 Å². The van der Waals surface area contributed by atoms with Crippen LogP contribution in [0.4, 0.5) is 0 Å². The van der Waals surface area contributed by atoms with Gasteiger partial charge in [-0.25, -0.2) is 4.98 Å². The highest BCUT2D eigenvalue weighted by atomic mass is 16.5. The van der Waals surface area contributed by atoms with Crippen LogP contribution < -0.4 is 0 Å². The Morgan fingerprint density at radius 1 is 1.65 bits per heavy atom. The first-order valence-corrected chi connectivity index (χ1v) is 7.09. The smallest absolute Gasteiger partial charge is 0.208 e. The summed E-state index contributed by atoms with van der Waals surface area (Å²) in [5.41, 5.74) is 0. The highest BCUT2D eigenvalue weighted by Gasteiger charge is 2.27. The molecule has 1 fully saturated rings. The van der Waals surface area contributed by atoms with Gasteiger partial charge in [-0.15, -0.1) is 0 Å². The van der Waals surface area contributed by atoms with Gasteiger partial charge in [-0.05, 0) is 26.9 Å². The van der Waals surface area contributed by atoms with Crippen molar-refractivity contribution in [1.29, 1.82) is 0 Å². The van der Waals surface area contributed by atoms with Gasteiger partial charge in [0.1, 0.15) is 5.76 Å². The minimum atomic E-state index is -0.404. The van der Waals surface area contributed by atoms with Gasteiger partial charge in [-0.1, -0.05) is 0 Å². The topological polar surface area (TPSA) is 62.0 Å². The van der Waals surface area contributed by atoms with E-state index in [2.05, 4.69) is 21.8 Å². The Hall–Kier alpha value is -0.950. The molecule has 2 atom stereocenters.